The SMILES string of the molecule is CC(=CC(=O)O)COc1ccc2c(c1)OCO2. The zero-order valence-electron chi connectivity index (χ0n) is 9.30. The van der Waals surface area contributed by atoms with Gasteiger partial charge in [0.1, 0.15) is 12.4 Å². The molecule has 1 aromatic carbocycles. The Bertz CT molecular complexity index is 464. The molecule has 1 N–H and O–H groups in total. The molecule has 1 aliphatic rings. The summed E-state index contributed by atoms with van der Waals surface area (Å²) in [4.78, 5) is 10.4. The third-order valence-corrected chi connectivity index (χ3v) is 2.18. The van der Waals surface area contributed by atoms with E-state index in [9.17, 15) is 4.79 Å². The van der Waals surface area contributed by atoms with Crippen LogP contribution in [0.15, 0.2) is 29.8 Å². The predicted molar refractivity (Wildman–Crippen MR) is 59.5 cm³/mol. The Kier molecular flexibility index (Phi) is 3.18. The van der Waals surface area contributed by atoms with Crippen molar-refractivity contribution in [1.82, 2.24) is 0 Å². The average molecular weight is 236 g/mol. The van der Waals surface area contributed by atoms with Gasteiger partial charge < -0.3 is 19.3 Å². The van der Waals surface area contributed by atoms with E-state index in [4.69, 9.17) is 19.3 Å². The first-order chi connectivity index (χ1) is 8.15. The van der Waals surface area contributed by atoms with Crippen LogP contribution in [0.5, 0.6) is 17.2 Å². The molecule has 0 aliphatic carbocycles. The smallest absolute Gasteiger partial charge is 0.328 e. The summed E-state index contributed by atoms with van der Waals surface area (Å²) < 4.78 is 15.8. The average Bonchev–Trinajstić information content (AvgIpc) is 2.72. The molecule has 0 aromatic heterocycles. The van der Waals surface area contributed by atoms with E-state index in [1.54, 1.807) is 25.1 Å². The maximum absolute atomic E-state index is 10.4. The Morgan fingerprint density at radius 1 is 1.47 bits per heavy atom. The van der Waals surface area contributed by atoms with Crippen molar-refractivity contribution in [3.8, 4) is 17.2 Å². The fraction of sp³-hybridized carbons (Fsp3) is 0.250. The van der Waals surface area contributed by atoms with Crippen LogP contribution in [0.4, 0.5) is 0 Å². The molecule has 0 fully saturated rings. The van der Waals surface area contributed by atoms with E-state index >= 15 is 0 Å². The van der Waals surface area contributed by atoms with Gasteiger partial charge in [-0.25, -0.2) is 4.79 Å². The van der Waals surface area contributed by atoms with E-state index in [0.717, 1.165) is 6.08 Å². The van der Waals surface area contributed by atoms with Crippen LogP contribution < -0.4 is 14.2 Å². The molecule has 0 saturated carbocycles. The lowest BCUT2D eigenvalue weighted by Gasteiger charge is -2.06. The first-order valence-electron chi connectivity index (χ1n) is 5.08. The maximum atomic E-state index is 10.4. The van der Waals surface area contributed by atoms with E-state index in [-0.39, 0.29) is 13.4 Å². The molecule has 2 rings (SSSR count). The fourth-order valence-corrected chi connectivity index (χ4v) is 1.42. The summed E-state index contributed by atoms with van der Waals surface area (Å²) in [6, 6.07) is 5.23. The lowest BCUT2D eigenvalue weighted by molar-refractivity contribution is -0.131. The van der Waals surface area contributed by atoms with Crippen LogP contribution in [0, 0.1) is 0 Å². The normalized spacial score (nSPS) is 13.6. The van der Waals surface area contributed by atoms with Crippen LogP contribution >= 0.6 is 0 Å². The molecule has 0 spiro atoms. The van der Waals surface area contributed by atoms with Crippen LogP contribution in [0.25, 0.3) is 0 Å². The summed E-state index contributed by atoms with van der Waals surface area (Å²) in [6.07, 6.45) is 1.12. The van der Waals surface area contributed by atoms with Gasteiger partial charge in [0.05, 0.1) is 0 Å². The summed E-state index contributed by atoms with van der Waals surface area (Å²) in [5, 5.41) is 8.54. The van der Waals surface area contributed by atoms with Crippen molar-refractivity contribution in [3.05, 3.63) is 29.8 Å². The molecular weight excluding hydrogens is 224 g/mol. The zero-order chi connectivity index (χ0) is 12.3. The third kappa shape index (κ3) is 2.90. The van der Waals surface area contributed by atoms with Gasteiger partial charge in [-0.15, -0.1) is 0 Å². The van der Waals surface area contributed by atoms with E-state index in [1.807, 2.05) is 0 Å². The first kappa shape index (κ1) is 11.3. The summed E-state index contributed by atoms with van der Waals surface area (Å²) in [6.45, 7) is 2.14. The Balaban J connectivity index is 1.98. The van der Waals surface area contributed by atoms with Crippen LogP contribution in [0.2, 0.25) is 0 Å². The Morgan fingerprint density at radius 3 is 3.00 bits per heavy atom. The first-order valence-corrected chi connectivity index (χ1v) is 5.08. The van der Waals surface area contributed by atoms with E-state index in [2.05, 4.69) is 0 Å². The lowest BCUT2D eigenvalue weighted by atomic mass is 10.3. The maximum Gasteiger partial charge on any atom is 0.328 e. The molecule has 0 radical (unpaired) electrons. The second-order valence-corrected chi connectivity index (χ2v) is 3.63. The van der Waals surface area contributed by atoms with Crippen molar-refractivity contribution in [2.75, 3.05) is 13.4 Å². The second-order valence-electron chi connectivity index (χ2n) is 3.63. The molecule has 1 aromatic rings. The number of carboxylic acids is 1. The number of hydrogen-bond acceptors (Lipinski definition) is 4. The van der Waals surface area contributed by atoms with Gasteiger partial charge in [0.15, 0.2) is 11.5 Å². The van der Waals surface area contributed by atoms with Crippen LogP contribution in [0.3, 0.4) is 0 Å². The van der Waals surface area contributed by atoms with Crippen molar-refractivity contribution in [1.29, 1.82) is 0 Å². The molecule has 1 aliphatic heterocycles. The quantitative estimate of drug-likeness (QED) is 0.808. The minimum Gasteiger partial charge on any atom is -0.489 e. The van der Waals surface area contributed by atoms with Gasteiger partial charge in [0.2, 0.25) is 6.79 Å². The highest BCUT2D eigenvalue weighted by atomic mass is 16.7. The number of benzene rings is 1. The fourth-order valence-electron chi connectivity index (χ4n) is 1.42. The van der Waals surface area contributed by atoms with Gasteiger partial charge in [-0.2, -0.15) is 0 Å². The number of fused-ring (bicyclic) bond motifs is 1. The molecular formula is C12H12O5. The number of carboxylic acid groups (broad SMARTS) is 1. The second kappa shape index (κ2) is 4.78. The molecule has 5 nitrogen and oxygen atoms in total. The lowest BCUT2D eigenvalue weighted by Crippen LogP contribution is -2.01. The van der Waals surface area contributed by atoms with Crippen molar-refractivity contribution in [2.45, 2.75) is 6.92 Å². The topological polar surface area (TPSA) is 65.0 Å². The number of carbonyl (C=O) groups is 1. The molecule has 1 heterocycles. The molecule has 17 heavy (non-hydrogen) atoms. The van der Waals surface area contributed by atoms with E-state index < -0.39 is 5.97 Å². The molecule has 90 valence electrons. The summed E-state index contributed by atoms with van der Waals surface area (Å²) in [5.74, 6) is 0.974. The van der Waals surface area contributed by atoms with Crippen molar-refractivity contribution in [2.24, 2.45) is 0 Å². The monoisotopic (exact) mass is 236 g/mol. The third-order valence-electron chi connectivity index (χ3n) is 2.18. The van der Waals surface area contributed by atoms with Crippen molar-refractivity contribution >= 4 is 5.97 Å². The molecule has 0 bridgehead atoms. The predicted octanol–water partition coefficient (Wildman–Crippen LogP) is 1.82. The standard InChI is InChI=1S/C12H12O5/c1-8(4-12(13)14)6-15-9-2-3-10-11(5-9)17-7-16-10/h2-5H,6-7H2,1H3,(H,13,14). The summed E-state index contributed by atoms with van der Waals surface area (Å²) in [7, 11) is 0. The molecule has 0 atom stereocenters. The van der Waals surface area contributed by atoms with Crippen LogP contribution in [0.1, 0.15) is 6.92 Å². The number of ether oxygens (including phenoxy) is 3. The summed E-state index contributed by atoms with van der Waals surface area (Å²) in [5.41, 5.74) is 0.634. The Labute approximate surface area is 98.2 Å². The van der Waals surface area contributed by atoms with Gasteiger partial charge in [0, 0.05) is 12.1 Å². The molecule has 5 heteroatoms. The van der Waals surface area contributed by atoms with Crippen molar-refractivity contribution < 1.29 is 24.1 Å². The van der Waals surface area contributed by atoms with Crippen LogP contribution in [-0.2, 0) is 4.79 Å². The zero-order valence-corrected chi connectivity index (χ0v) is 9.30. The molecule has 0 amide bonds. The highest BCUT2D eigenvalue weighted by molar-refractivity contribution is 5.80. The molecule has 0 unspecified atom stereocenters. The van der Waals surface area contributed by atoms with Gasteiger partial charge in [-0.05, 0) is 24.6 Å². The highest BCUT2D eigenvalue weighted by Crippen LogP contribution is 2.35. The van der Waals surface area contributed by atoms with Crippen LogP contribution in [-0.4, -0.2) is 24.5 Å². The highest BCUT2D eigenvalue weighted by Gasteiger charge is 2.13. The molecule has 0 saturated heterocycles. The van der Waals surface area contributed by atoms with Gasteiger partial charge in [0.25, 0.3) is 0 Å². The minimum atomic E-state index is -0.975. The Hall–Kier alpha value is -2.17. The largest absolute Gasteiger partial charge is 0.489 e. The van der Waals surface area contributed by atoms with E-state index in [0.29, 0.717) is 22.8 Å². The number of rotatable bonds is 4. The van der Waals surface area contributed by atoms with Gasteiger partial charge >= 0.3 is 5.97 Å². The summed E-state index contributed by atoms with van der Waals surface area (Å²) >= 11 is 0. The Morgan fingerprint density at radius 2 is 2.24 bits per heavy atom. The van der Waals surface area contributed by atoms with E-state index in [1.165, 1.54) is 0 Å². The van der Waals surface area contributed by atoms with Gasteiger partial charge in [-0.1, -0.05) is 0 Å². The van der Waals surface area contributed by atoms with Gasteiger partial charge in [-0.3, -0.25) is 0 Å². The van der Waals surface area contributed by atoms with Crippen molar-refractivity contribution in [3.63, 3.8) is 0 Å². The number of aliphatic carboxylic acids is 1. The number of hydrogen-bond donors (Lipinski definition) is 1. The minimum absolute atomic E-state index is 0.219.